The van der Waals surface area contributed by atoms with Gasteiger partial charge in [-0.3, -0.25) is 4.79 Å². The van der Waals surface area contributed by atoms with Crippen LogP contribution in [0.3, 0.4) is 0 Å². The molecule has 1 aromatic carbocycles. The molecule has 0 aromatic heterocycles. The van der Waals surface area contributed by atoms with Gasteiger partial charge in [-0.2, -0.15) is 0 Å². The van der Waals surface area contributed by atoms with Crippen LogP contribution in [0.5, 0.6) is 5.75 Å². The third-order valence-corrected chi connectivity index (χ3v) is 2.40. The van der Waals surface area contributed by atoms with Crippen LogP contribution in [0.25, 0.3) is 0 Å². The lowest BCUT2D eigenvalue weighted by atomic mass is 10.0. The molecule has 3 nitrogen and oxygen atoms in total. The molecular formula is C11H13NO2. The molecule has 1 aromatic rings. The fourth-order valence-corrected chi connectivity index (χ4v) is 1.65. The SMILES string of the molecule is CNC(=O)c1ccc2c(c1)CCCO2. The van der Waals surface area contributed by atoms with Crippen molar-refractivity contribution in [3.05, 3.63) is 29.3 Å². The van der Waals surface area contributed by atoms with Gasteiger partial charge in [0.15, 0.2) is 0 Å². The molecule has 0 fully saturated rings. The molecule has 0 saturated heterocycles. The van der Waals surface area contributed by atoms with Crippen LogP contribution in [-0.2, 0) is 6.42 Å². The Morgan fingerprint density at radius 1 is 1.50 bits per heavy atom. The van der Waals surface area contributed by atoms with E-state index in [4.69, 9.17) is 4.74 Å². The molecule has 1 amide bonds. The number of benzene rings is 1. The van der Waals surface area contributed by atoms with E-state index < -0.39 is 0 Å². The first-order valence-electron chi connectivity index (χ1n) is 4.79. The molecule has 0 radical (unpaired) electrons. The maximum Gasteiger partial charge on any atom is 0.251 e. The molecule has 1 aliphatic rings. The number of amides is 1. The molecule has 0 aliphatic carbocycles. The molecule has 74 valence electrons. The Morgan fingerprint density at radius 2 is 2.36 bits per heavy atom. The van der Waals surface area contributed by atoms with E-state index in [-0.39, 0.29) is 5.91 Å². The smallest absolute Gasteiger partial charge is 0.251 e. The average Bonchev–Trinajstić information content (AvgIpc) is 2.27. The summed E-state index contributed by atoms with van der Waals surface area (Å²) in [7, 11) is 1.64. The van der Waals surface area contributed by atoms with Gasteiger partial charge in [-0.05, 0) is 36.6 Å². The monoisotopic (exact) mass is 191 g/mol. The van der Waals surface area contributed by atoms with Crippen molar-refractivity contribution in [1.29, 1.82) is 0 Å². The van der Waals surface area contributed by atoms with E-state index in [1.807, 2.05) is 12.1 Å². The van der Waals surface area contributed by atoms with E-state index in [2.05, 4.69) is 5.32 Å². The van der Waals surface area contributed by atoms with Gasteiger partial charge in [0.1, 0.15) is 5.75 Å². The zero-order valence-corrected chi connectivity index (χ0v) is 8.17. The van der Waals surface area contributed by atoms with Crippen molar-refractivity contribution in [3.8, 4) is 5.75 Å². The molecule has 1 N–H and O–H groups in total. The van der Waals surface area contributed by atoms with Gasteiger partial charge in [-0.15, -0.1) is 0 Å². The first-order chi connectivity index (χ1) is 6.81. The van der Waals surface area contributed by atoms with Gasteiger partial charge in [-0.1, -0.05) is 0 Å². The molecule has 0 atom stereocenters. The molecule has 0 spiro atoms. The predicted octanol–water partition coefficient (Wildman–Crippen LogP) is 1.37. The fraction of sp³-hybridized carbons (Fsp3) is 0.364. The molecule has 1 heterocycles. The van der Waals surface area contributed by atoms with E-state index in [1.54, 1.807) is 13.1 Å². The Hall–Kier alpha value is -1.51. The van der Waals surface area contributed by atoms with Crippen LogP contribution in [0.4, 0.5) is 0 Å². The average molecular weight is 191 g/mol. The summed E-state index contributed by atoms with van der Waals surface area (Å²) in [5, 5.41) is 2.61. The maximum atomic E-state index is 11.3. The lowest BCUT2D eigenvalue weighted by Crippen LogP contribution is -2.18. The summed E-state index contributed by atoms with van der Waals surface area (Å²) in [5.74, 6) is 0.877. The minimum atomic E-state index is -0.0432. The Balaban J connectivity index is 2.33. The molecule has 0 saturated carbocycles. The molecular weight excluding hydrogens is 178 g/mol. The Labute approximate surface area is 83.1 Å². The Morgan fingerprint density at radius 3 is 3.14 bits per heavy atom. The zero-order chi connectivity index (χ0) is 9.97. The van der Waals surface area contributed by atoms with Crippen molar-refractivity contribution in [3.63, 3.8) is 0 Å². The van der Waals surface area contributed by atoms with E-state index >= 15 is 0 Å². The van der Waals surface area contributed by atoms with Crippen LogP contribution in [0.1, 0.15) is 22.3 Å². The minimum absolute atomic E-state index is 0.0432. The summed E-state index contributed by atoms with van der Waals surface area (Å²) >= 11 is 0. The number of hydrogen-bond acceptors (Lipinski definition) is 2. The quantitative estimate of drug-likeness (QED) is 0.728. The number of ether oxygens (including phenoxy) is 1. The van der Waals surface area contributed by atoms with Gasteiger partial charge in [-0.25, -0.2) is 0 Å². The second kappa shape index (κ2) is 3.70. The van der Waals surface area contributed by atoms with E-state index in [0.717, 1.165) is 30.8 Å². The topological polar surface area (TPSA) is 38.3 Å². The number of aryl methyl sites for hydroxylation is 1. The van der Waals surface area contributed by atoms with E-state index in [1.165, 1.54) is 0 Å². The van der Waals surface area contributed by atoms with E-state index in [0.29, 0.717) is 5.56 Å². The largest absolute Gasteiger partial charge is 0.493 e. The highest BCUT2D eigenvalue weighted by Gasteiger charge is 2.12. The Kier molecular flexibility index (Phi) is 2.39. The van der Waals surface area contributed by atoms with Crippen LogP contribution < -0.4 is 10.1 Å². The van der Waals surface area contributed by atoms with Crippen molar-refractivity contribution < 1.29 is 9.53 Å². The number of nitrogens with one attached hydrogen (secondary N) is 1. The van der Waals surface area contributed by atoms with Gasteiger partial charge in [0.05, 0.1) is 6.61 Å². The number of fused-ring (bicyclic) bond motifs is 1. The second-order valence-corrected chi connectivity index (χ2v) is 3.35. The number of rotatable bonds is 1. The van der Waals surface area contributed by atoms with Gasteiger partial charge in [0.25, 0.3) is 5.91 Å². The third kappa shape index (κ3) is 1.58. The molecule has 3 heteroatoms. The predicted molar refractivity (Wildman–Crippen MR) is 53.6 cm³/mol. The second-order valence-electron chi connectivity index (χ2n) is 3.35. The van der Waals surface area contributed by atoms with Crippen LogP contribution in [0, 0.1) is 0 Å². The molecule has 2 rings (SSSR count). The maximum absolute atomic E-state index is 11.3. The van der Waals surface area contributed by atoms with Crippen molar-refractivity contribution >= 4 is 5.91 Å². The number of carbonyl (C=O) groups excluding carboxylic acids is 1. The lowest BCUT2D eigenvalue weighted by Gasteiger charge is -2.17. The van der Waals surface area contributed by atoms with Crippen LogP contribution >= 0.6 is 0 Å². The zero-order valence-electron chi connectivity index (χ0n) is 8.17. The number of hydrogen-bond donors (Lipinski definition) is 1. The normalized spacial score (nSPS) is 14.1. The summed E-state index contributed by atoms with van der Waals surface area (Å²) in [6, 6.07) is 5.58. The van der Waals surface area contributed by atoms with Gasteiger partial charge < -0.3 is 10.1 Å². The van der Waals surface area contributed by atoms with Crippen LogP contribution in [0.15, 0.2) is 18.2 Å². The third-order valence-electron chi connectivity index (χ3n) is 2.40. The van der Waals surface area contributed by atoms with Crippen molar-refractivity contribution in [2.45, 2.75) is 12.8 Å². The van der Waals surface area contributed by atoms with Crippen molar-refractivity contribution in [1.82, 2.24) is 5.32 Å². The highest BCUT2D eigenvalue weighted by molar-refractivity contribution is 5.94. The van der Waals surface area contributed by atoms with Crippen molar-refractivity contribution in [2.24, 2.45) is 0 Å². The highest BCUT2D eigenvalue weighted by Crippen LogP contribution is 2.25. The van der Waals surface area contributed by atoms with Gasteiger partial charge in [0, 0.05) is 12.6 Å². The molecule has 0 bridgehead atoms. The summed E-state index contributed by atoms with van der Waals surface area (Å²) in [4.78, 5) is 11.3. The van der Waals surface area contributed by atoms with E-state index in [9.17, 15) is 4.79 Å². The highest BCUT2D eigenvalue weighted by atomic mass is 16.5. The summed E-state index contributed by atoms with van der Waals surface area (Å²) < 4.78 is 5.46. The lowest BCUT2D eigenvalue weighted by molar-refractivity contribution is 0.0963. The molecule has 14 heavy (non-hydrogen) atoms. The van der Waals surface area contributed by atoms with Crippen molar-refractivity contribution in [2.75, 3.05) is 13.7 Å². The summed E-state index contributed by atoms with van der Waals surface area (Å²) in [5.41, 5.74) is 1.84. The standard InChI is InChI=1S/C11H13NO2/c1-12-11(13)9-4-5-10-8(7-9)3-2-6-14-10/h4-5,7H,2-3,6H2,1H3,(H,12,13). The number of carbonyl (C=O) groups is 1. The minimum Gasteiger partial charge on any atom is -0.493 e. The molecule has 0 unspecified atom stereocenters. The first-order valence-corrected chi connectivity index (χ1v) is 4.79. The summed E-state index contributed by atoms with van der Waals surface area (Å²) in [6.45, 7) is 0.784. The summed E-state index contributed by atoms with van der Waals surface area (Å²) in [6.07, 6.45) is 2.03. The van der Waals surface area contributed by atoms with Gasteiger partial charge >= 0.3 is 0 Å². The fourth-order valence-electron chi connectivity index (χ4n) is 1.65. The van der Waals surface area contributed by atoms with Gasteiger partial charge in [0.2, 0.25) is 0 Å². The Bertz CT molecular complexity index is 360. The van der Waals surface area contributed by atoms with Crippen LogP contribution in [-0.4, -0.2) is 19.6 Å². The molecule has 1 aliphatic heterocycles. The van der Waals surface area contributed by atoms with Crippen LogP contribution in [0.2, 0.25) is 0 Å². The first kappa shape index (κ1) is 9.06.